The van der Waals surface area contributed by atoms with E-state index < -0.39 is 6.17 Å². The number of halogens is 1. The highest BCUT2D eigenvalue weighted by Crippen LogP contribution is 2.16. The van der Waals surface area contributed by atoms with Crippen LogP contribution < -0.4 is 0 Å². The van der Waals surface area contributed by atoms with Gasteiger partial charge in [-0.3, -0.25) is 0 Å². The van der Waals surface area contributed by atoms with Crippen LogP contribution in [-0.2, 0) is 0 Å². The summed E-state index contributed by atoms with van der Waals surface area (Å²) in [4.78, 5) is 0. The Labute approximate surface area is 61.4 Å². The summed E-state index contributed by atoms with van der Waals surface area (Å²) in [5, 5.41) is 0. The van der Waals surface area contributed by atoms with Crippen LogP contribution in [0.5, 0.6) is 0 Å². The Balaban J connectivity index is 2.42. The fourth-order valence-corrected chi connectivity index (χ4v) is 1.11. The smallest absolute Gasteiger partial charge is 0.122 e. The predicted molar refractivity (Wildman–Crippen MR) is 41.6 cm³/mol. The minimum atomic E-state index is -0.736. The van der Waals surface area contributed by atoms with Gasteiger partial charge in [-0.2, -0.15) is 0 Å². The summed E-state index contributed by atoms with van der Waals surface area (Å²) in [7, 11) is 0. The van der Waals surface area contributed by atoms with Crippen LogP contribution in [0.15, 0.2) is 23.8 Å². The average Bonchev–Trinajstić information content (AvgIpc) is 1.95. The van der Waals surface area contributed by atoms with E-state index in [0.29, 0.717) is 6.42 Å². The standard InChI is InChI=1S/C9H13F/c1-2-3-8-4-6-9(10)7-5-8/h4-6,9H,2-3,7H2,1H3. The van der Waals surface area contributed by atoms with E-state index in [1.165, 1.54) is 5.57 Å². The molecule has 0 heterocycles. The van der Waals surface area contributed by atoms with E-state index in [4.69, 9.17) is 0 Å². The zero-order chi connectivity index (χ0) is 7.40. The Morgan fingerprint density at radius 3 is 3.00 bits per heavy atom. The summed E-state index contributed by atoms with van der Waals surface area (Å²) >= 11 is 0. The monoisotopic (exact) mass is 140 g/mol. The molecule has 0 nitrogen and oxygen atoms in total. The van der Waals surface area contributed by atoms with Crippen molar-refractivity contribution < 1.29 is 4.39 Å². The SMILES string of the molecule is CCCC1=CCC(F)C=C1. The summed E-state index contributed by atoms with van der Waals surface area (Å²) in [6.45, 7) is 2.14. The zero-order valence-corrected chi connectivity index (χ0v) is 6.31. The van der Waals surface area contributed by atoms with Gasteiger partial charge < -0.3 is 0 Å². The largest absolute Gasteiger partial charge is 0.243 e. The Morgan fingerprint density at radius 2 is 2.50 bits per heavy atom. The molecule has 0 aromatic heterocycles. The van der Waals surface area contributed by atoms with E-state index in [2.05, 4.69) is 6.92 Å². The first-order valence-corrected chi connectivity index (χ1v) is 3.84. The summed E-state index contributed by atoms with van der Waals surface area (Å²) in [5.41, 5.74) is 1.29. The van der Waals surface area contributed by atoms with Crippen molar-refractivity contribution in [1.82, 2.24) is 0 Å². The molecule has 0 amide bonds. The van der Waals surface area contributed by atoms with Gasteiger partial charge in [-0.1, -0.05) is 37.1 Å². The molecule has 0 bridgehead atoms. The summed E-state index contributed by atoms with van der Waals surface area (Å²) in [5.74, 6) is 0. The zero-order valence-electron chi connectivity index (χ0n) is 6.31. The molecule has 0 aliphatic heterocycles. The Hall–Kier alpha value is -0.590. The van der Waals surface area contributed by atoms with Gasteiger partial charge in [-0.15, -0.1) is 0 Å². The second-order valence-corrected chi connectivity index (χ2v) is 2.64. The highest BCUT2D eigenvalue weighted by molar-refractivity contribution is 5.23. The molecule has 10 heavy (non-hydrogen) atoms. The highest BCUT2D eigenvalue weighted by atomic mass is 19.1. The van der Waals surface area contributed by atoms with Crippen LogP contribution in [0.4, 0.5) is 4.39 Å². The Bertz CT molecular complexity index is 156. The molecule has 0 saturated heterocycles. The molecular formula is C9H13F. The Morgan fingerprint density at radius 1 is 1.70 bits per heavy atom. The minimum Gasteiger partial charge on any atom is -0.243 e. The molecule has 0 aromatic carbocycles. The molecule has 1 aliphatic carbocycles. The minimum absolute atomic E-state index is 0.575. The van der Waals surface area contributed by atoms with Crippen molar-refractivity contribution in [2.75, 3.05) is 0 Å². The molecule has 0 N–H and O–H groups in total. The molecule has 1 heteroatoms. The second kappa shape index (κ2) is 3.55. The Kier molecular flexibility index (Phi) is 2.67. The quantitative estimate of drug-likeness (QED) is 0.553. The normalized spacial score (nSPS) is 24.6. The van der Waals surface area contributed by atoms with Crippen LogP contribution in [0.25, 0.3) is 0 Å². The lowest BCUT2D eigenvalue weighted by Crippen LogP contribution is -1.97. The topological polar surface area (TPSA) is 0 Å². The lowest BCUT2D eigenvalue weighted by atomic mass is 10.0. The first-order valence-electron chi connectivity index (χ1n) is 3.84. The fourth-order valence-electron chi connectivity index (χ4n) is 1.11. The molecule has 1 aliphatic rings. The fraction of sp³-hybridized carbons (Fsp3) is 0.556. The third-order valence-corrected chi connectivity index (χ3v) is 1.66. The third-order valence-electron chi connectivity index (χ3n) is 1.66. The molecule has 1 rings (SSSR count). The van der Waals surface area contributed by atoms with Crippen LogP contribution in [0.2, 0.25) is 0 Å². The van der Waals surface area contributed by atoms with E-state index in [-0.39, 0.29) is 0 Å². The molecular weight excluding hydrogens is 127 g/mol. The molecule has 56 valence electrons. The van der Waals surface area contributed by atoms with E-state index in [0.717, 1.165) is 12.8 Å². The second-order valence-electron chi connectivity index (χ2n) is 2.64. The molecule has 0 saturated carbocycles. The van der Waals surface area contributed by atoms with Gasteiger partial charge in [-0.25, -0.2) is 4.39 Å². The summed E-state index contributed by atoms with van der Waals surface area (Å²) in [6, 6.07) is 0. The molecule has 0 aromatic rings. The number of rotatable bonds is 2. The van der Waals surface area contributed by atoms with Gasteiger partial charge >= 0.3 is 0 Å². The first-order chi connectivity index (χ1) is 4.83. The van der Waals surface area contributed by atoms with Crippen molar-refractivity contribution in [2.45, 2.75) is 32.4 Å². The lowest BCUT2D eigenvalue weighted by Gasteiger charge is -2.07. The van der Waals surface area contributed by atoms with Gasteiger partial charge in [0.2, 0.25) is 0 Å². The summed E-state index contributed by atoms with van der Waals surface area (Å²) < 4.78 is 12.5. The van der Waals surface area contributed by atoms with Gasteiger partial charge in [0.15, 0.2) is 0 Å². The maximum absolute atomic E-state index is 12.5. The van der Waals surface area contributed by atoms with Gasteiger partial charge in [0.25, 0.3) is 0 Å². The van der Waals surface area contributed by atoms with Crippen LogP contribution in [0.3, 0.4) is 0 Å². The molecule has 1 unspecified atom stereocenters. The van der Waals surface area contributed by atoms with Gasteiger partial charge in [-0.05, 0) is 6.42 Å². The number of hydrogen-bond donors (Lipinski definition) is 0. The molecule has 0 radical (unpaired) electrons. The number of hydrogen-bond acceptors (Lipinski definition) is 0. The number of allylic oxidation sites excluding steroid dienone is 4. The van der Waals surface area contributed by atoms with Gasteiger partial charge in [0.1, 0.15) is 6.17 Å². The van der Waals surface area contributed by atoms with Crippen molar-refractivity contribution in [3.63, 3.8) is 0 Å². The predicted octanol–water partition coefficient (Wildman–Crippen LogP) is 3.01. The number of alkyl halides is 1. The van der Waals surface area contributed by atoms with Crippen molar-refractivity contribution >= 4 is 0 Å². The van der Waals surface area contributed by atoms with E-state index in [1.54, 1.807) is 6.08 Å². The van der Waals surface area contributed by atoms with Crippen LogP contribution in [0, 0.1) is 0 Å². The average molecular weight is 140 g/mol. The van der Waals surface area contributed by atoms with Gasteiger partial charge in [0.05, 0.1) is 0 Å². The van der Waals surface area contributed by atoms with E-state index >= 15 is 0 Å². The van der Waals surface area contributed by atoms with Crippen molar-refractivity contribution in [1.29, 1.82) is 0 Å². The summed E-state index contributed by atoms with van der Waals surface area (Å²) in [6.07, 6.45) is 7.61. The maximum Gasteiger partial charge on any atom is 0.122 e. The molecule has 0 fully saturated rings. The lowest BCUT2D eigenvalue weighted by molar-refractivity contribution is 0.400. The van der Waals surface area contributed by atoms with Crippen LogP contribution in [0.1, 0.15) is 26.2 Å². The molecule has 0 spiro atoms. The maximum atomic E-state index is 12.5. The van der Waals surface area contributed by atoms with Crippen molar-refractivity contribution in [2.24, 2.45) is 0 Å². The van der Waals surface area contributed by atoms with E-state index in [1.807, 2.05) is 12.2 Å². The van der Waals surface area contributed by atoms with Gasteiger partial charge in [0, 0.05) is 6.42 Å². The van der Waals surface area contributed by atoms with Crippen LogP contribution in [-0.4, -0.2) is 6.17 Å². The third kappa shape index (κ3) is 1.98. The van der Waals surface area contributed by atoms with Crippen molar-refractivity contribution in [3.05, 3.63) is 23.8 Å². The van der Waals surface area contributed by atoms with Crippen molar-refractivity contribution in [3.8, 4) is 0 Å². The first kappa shape index (κ1) is 7.52. The van der Waals surface area contributed by atoms with Crippen LogP contribution >= 0.6 is 0 Å². The van der Waals surface area contributed by atoms with E-state index in [9.17, 15) is 4.39 Å². The molecule has 1 atom stereocenters. The highest BCUT2D eigenvalue weighted by Gasteiger charge is 2.04.